The standard InChI is InChI=1S/C19H16N4O5/c1-28-17-8-7-15(23(26)27)10-16(17)21-12-14(11-20)19(25)22-18(24)9-13-5-3-2-4-6-13/h2-8,10,12,21H,9H2,1H3,(H,22,24,25). The number of anilines is 1. The van der Waals surface area contributed by atoms with E-state index in [0.717, 1.165) is 11.8 Å². The normalized spacial score (nSPS) is 10.5. The molecule has 0 spiro atoms. The monoisotopic (exact) mass is 380 g/mol. The number of imide groups is 1. The third-order valence-electron chi connectivity index (χ3n) is 3.59. The van der Waals surface area contributed by atoms with Crippen molar-refractivity contribution in [3.63, 3.8) is 0 Å². The molecule has 0 heterocycles. The van der Waals surface area contributed by atoms with E-state index in [4.69, 9.17) is 4.74 Å². The zero-order valence-corrected chi connectivity index (χ0v) is 14.8. The van der Waals surface area contributed by atoms with Crippen LogP contribution in [0.4, 0.5) is 11.4 Å². The summed E-state index contributed by atoms with van der Waals surface area (Å²) in [7, 11) is 1.37. The van der Waals surface area contributed by atoms with Gasteiger partial charge in [-0.1, -0.05) is 30.3 Å². The van der Waals surface area contributed by atoms with Crippen LogP contribution in [0.5, 0.6) is 5.75 Å². The van der Waals surface area contributed by atoms with Crippen molar-refractivity contribution in [3.8, 4) is 11.8 Å². The van der Waals surface area contributed by atoms with Gasteiger partial charge in [0, 0.05) is 18.3 Å². The summed E-state index contributed by atoms with van der Waals surface area (Å²) in [5, 5.41) is 24.8. The lowest BCUT2D eigenvalue weighted by molar-refractivity contribution is -0.384. The number of benzene rings is 2. The average molecular weight is 380 g/mol. The van der Waals surface area contributed by atoms with Gasteiger partial charge in [0.1, 0.15) is 17.4 Å². The number of nitrogens with zero attached hydrogens (tertiary/aromatic N) is 2. The molecule has 28 heavy (non-hydrogen) atoms. The van der Waals surface area contributed by atoms with Gasteiger partial charge in [0.25, 0.3) is 11.6 Å². The van der Waals surface area contributed by atoms with Gasteiger partial charge in [0.15, 0.2) is 0 Å². The van der Waals surface area contributed by atoms with Gasteiger partial charge in [0.05, 0.1) is 24.1 Å². The summed E-state index contributed by atoms with van der Waals surface area (Å²) in [4.78, 5) is 34.4. The van der Waals surface area contributed by atoms with Crippen molar-refractivity contribution in [2.45, 2.75) is 6.42 Å². The maximum atomic E-state index is 12.1. The highest BCUT2D eigenvalue weighted by Crippen LogP contribution is 2.28. The molecule has 2 aromatic carbocycles. The zero-order valence-electron chi connectivity index (χ0n) is 14.8. The zero-order chi connectivity index (χ0) is 20.5. The number of nitrogens with one attached hydrogen (secondary N) is 2. The number of nitriles is 1. The molecule has 0 bridgehead atoms. The van der Waals surface area contributed by atoms with E-state index in [1.54, 1.807) is 36.4 Å². The molecule has 142 valence electrons. The summed E-state index contributed by atoms with van der Waals surface area (Å²) in [6.45, 7) is 0. The molecule has 2 rings (SSSR count). The lowest BCUT2D eigenvalue weighted by atomic mass is 10.1. The van der Waals surface area contributed by atoms with Crippen LogP contribution in [0.15, 0.2) is 60.3 Å². The molecule has 0 unspecified atom stereocenters. The van der Waals surface area contributed by atoms with Crippen LogP contribution in [-0.2, 0) is 16.0 Å². The Labute approximate surface area is 160 Å². The number of amides is 2. The van der Waals surface area contributed by atoms with Crippen molar-refractivity contribution in [2.24, 2.45) is 0 Å². The first-order chi connectivity index (χ1) is 13.4. The minimum Gasteiger partial charge on any atom is -0.495 e. The quantitative estimate of drug-likeness (QED) is 0.326. The Hall–Kier alpha value is -4.19. The van der Waals surface area contributed by atoms with E-state index in [-0.39, 0.29) is 29.1 Å². The van der Waals surface area contributed by atoms with Crippen LogP contribution in [-0.4, -0.2) is 23.8 Å². The second-order valence-corrected chi connectivity index (χ2v) is 5.50. The molecule has 2 N–H and O–H groups in total. The minimum absolute atomic E-state index is 0.0164. The first-order valence-corrected chi connectivity index (χ1v) is 8.02. The van der Waals surface area contributed by atoms with Crippen LogP contribution in [0.2, 0.25) is 0 Å². The Kier molecular flexibility index (Phi) is 6.82. The minimum atomic E-state index is -0.889. The number of carbonyl (C=O) groups excluding carboxylic acids is 2. The Bertz CT molecular complexity index is 964. The molecule has 9 nitrogen and oxygen atoms in total. The summed E-state index contributed by atoms with van der Waals surface area (Å²) in [5.74, 6) is -1.18. The second-order valence-electron chi connectivity index (χ2n) is 5.50. The number of non-ortho nitro benzene ring substituents is 1. The molecule has 2 aromatic rings. The van der Waals surface area contributed by atoms with Gasteiger partial charge in [-0.25, -0.2) is 0 Å². The number of hydrogen-bond donors (Lipinski definition) is 2. The smallest absolute Gasteiger partial charge is 0.271 e. The van der Waals surface area contributed by atoms with Crippen molar-refractivity contribution in [3.05, 3.63) is 76.0 Å². The van der Waals surface area contributed by atoms with E-state index < -0.39 is 16.7 Å². The van der Waals surface area contributed by atoms with Crippen LogP contribution in [0.3, 0.4) is 0 Å². The fourth-order valence-corrected chi connectivity index (χ4v) is 2.24. The van der Waals surface area contributed by atoms with E-state index in [1.807, 2.05) is 0 Å². The highest BCUT2D eigenvalue weighted by molar-refractivity contribution is 6.07. The van der Waals surface area contributed by atoms with Gasteiger partial charge in [-0.3, -0.25) is 25.0 Å². The number of rotatable bonds is 7. The fourth-order valence-electron chi connectivity index (χ4n) is 2.24. The molecule has 0 radical (unpaired) electrons. The summed E-state index contributed by atoms with van der Waals surface area (Å²) in [6, 6.07) is 14.3. The van der Waals surface area contributed by atoms with Gasteiger partial charge >= 0.3 is 0 Å². The molecular weight excluding hydrogens is 364 g/mol. The summed E-state index contributed by atoms with van der Waals surface area (Å²) >= 11 is 0. The number of nitro benzene ring substituents is 1. The lowest BCUT2D eigenvalue weighted by Gasteiger charge is -2.08. The highest BCUT2D eigenvalue weighted by Gasteiger charge is 2.15. The molecule has 0 aliphatic carbocycles. The molecule has 0 aliphatic heterocycles. The Morgan fingerprint density at radius 2 is 1.96 bits per heavy atom. The molecule has 9 heteroatoms. The molecule has 0 aliphatic rings. The predicted molar refractivity (Wildman–Crippen MR) is 100 cm³/mol. The number of hydrogen-bond acceptors (Lipinski definition) is 7. The largest absolute Gasteiger partial charge is 0.495 e. The molecular formula is C19H16N4O5. The SMILES string of the molecule is COc1ccc([N+](=O)[O-])cc1NC=C(C#N)C(=O)NC(=O)Cc1ccccc1. The van der Waals surface area contributed by atoms with Crippen molar-refractivity contribution < 1.29 is 19.2 Å². The third kappa shape index (κ3) is 5.40. The molecule has 0 aromatic heterocycles. The lowest BCUT2D eigenvalue weighted by Crippen LogP contribution is -2.32. The fraction of sp³-hybridized carbons (Fsp3) is 0.105. The Morgan fingerprint density at radius 1 is 1.25 bits per heavy atom. The number of carbonyl (C=O) groups is 2. The Morgan fingerprint density at radius 3 is 2.57 bits per heavy atom. The van der Waals surface area contributed by atoms with Crippen molar-refractivity contribution in [1.82, 2.24) is 5.32 Å². The van der Waals surface area contributed by atoms with E-state index in [2.05, 4.69) is 10.6 Å². The average Bonchev–Trinajstić information content (AvgIpc) is 2.68. The predicted octanol–water partition coefficient (Wildman–Crippen LogP) is 2.31. The first-order valence-electron chi connectivity index (χ1n) is 8.02. The maximum absolute atomic E-state index is 12.1. The van der Waals surface area contributed by atoms with E-state index in [9.17, 15) is 25.0 Å². The van der Waals surface area contributed by atoms with Crippen LogP contribution in [0.25, 0.3) is 0 Å². The maximum Gasteiger partial charge on any atom is 0.271 e. The van der Waals surface area contributed by atoms with Crippen LogP contribution in [0, 0.1) is 21.4 Å². The van der Waals surface area contributed by atoms with Gasteiger partial charge in [0.2, 0.25) is 5.91 Å². The van der Waals surface area contributed by atoms with Crippen LogP contribution >= 0.6 is 0 Å². The van der Waals surface area contributed by atoms with E-state index >= 15 is 0 Å². The van der Waals surface area contributed by atoms with E-state index in [0.29, 0.717) is 0 Å². The topological polar surface area (TPSA) is 134 Å². The molecule has 0 saturated carbocycles. The van der Waals surface area contributed by atoms with Crippen LogP contribution < -0.4 is 15.4 Å². The van der Waals surface area contributed by atoms with Crippen molar-refractivity contribution in [1.29, 1.82) is 5.26 Å². The summed E-state index contributed by atoms with van der Waals surface area (Å²) < 4.78 is 5.09. The molecule has 0 saturated heterocycles. The highest BCUT2D eigenvalue weighted by atomic mass is 16.6. The number of nitro groups is 1. The first kappa shape index (κ1) is 20.1. The molecule has 2 amide bonds. The Balaban J connectivity index is 2.10. The van der Waals surface area contributed by atoms with Crippen LogP contribution in [0.1, 0.15) is 5.56 Å². The van der Waals surface area contributed by atoms with Gasteiger partial charge in [-0.15, -0.1) is 0 Å². The van der Waals surface area contributed by atoms with Gasteiger partial charge in [-0.2, -0.15) is 5.26 Å². The van der Waals surface area contributed by atoms with Gasteiger partial charge in [-0.05, 0) is 11.6 Å². The number of ether oxygens (including phenoxy) is 1. The molecule has 0 atom stereocenters. The van der Waals surface area contributed by atoms with E-state index in [1.165, 1.54) is 25.3 Å². The van der Waals surface area contributed by atoms with Crippen molar-refractivity contribution >= 4 is 23.2 Å². The number of methoxy groups -OCH3 is 1. The van der Waals surface area contributed by atoms with Crippen molar-refractivity contribution in [2.75, 3.05) is 12.4 Å². The second kappa shape index (κ2) is 9.49. The third-order valence-corrected chi connectivity index (χ3v) is 3.59. The molecule has 0 fully saturated rings. The summed E-state index contributed by atoms with van der Waals surface area (Å²) in [6.07, 6.45) is 1.03. The van der Waals surface area contributed by atoms with Gasteiger partial charge < -0.3 is 10.1 Å². The summed E-state index contributed by atoms with van der Waals surface area (Å²) in [5.41, 5.74) is 0.329.